The highest BCUT2D eigenvalue weighted by Crippen LogP contribution is 2.25. The molecule has 2 atom stereocenters. The van der Waals surface area contributed by atoms with E-state index in [9.17, 15) is 4.79 Å². The zero-order valence-corrected chi connectivity index (χ0v) is 11.0. The molecule has 0 bridgehead atoms. The Kier molecular flexibility index (Phi) is 4.13. The highest BCUT2D eigenvalue weighted by Gasteiger charge is 2.23. The minimum atomic E-state index is -0.131. The Bertz CT molecular complexity index is 427. The van der Waals surface area contributed by atoms with Gasteiger partial charge in [-0.05, 0) is 36.8 Å². The van der Waals surface area contributed by atoms with Crippen LogP contribution in [0.15, 0.2) is 35.4 Å². The average molecular weight is 244 g/mol. The van der Waals surface area contributed by atoms with E-state index in [1.165, 1.54) is 19.3 Å². The topological polar surface area (TPSA) is 41.5 Å². The van der Waals surface area contributed by atoms with Crippen LogP contribution in [-0.4, -0.2) is 11.6 Å². The van der Waals surface area contributed by atoms with Crippen LogP contribution in [-0.2, 0) is 0 Å². The van der Waals surface area contributed by atoms with E-state index in [4.69, 9.17) is 0 Å². The second-order valence-corrected chi connectivity index (χ2v) is 5.08. The third kappa shape index (κ3) is 2.97. The van der Waals surface area contributed by atoms with Gasteiger partial charge in [0.1, 0.15) is 0 Å². The summed E-state index contributed by atoms with van der Waals surface area (Å²) in [6.07, 6.45) is 3.60. The van der Waals surface area contributed by atoms with Crippen molar-refractivity contribution in [3.63, 3.8) is 0 Å². The van der Waals surface area contributed by atoms with E-state index in [-0.39, 0.29) is 5.91 Å². The predicted molar refractivity (Wildman–Crippen MR) is 73.5 cm³/mol. The minimum Gasteiger partial charge on any atom is -0.267 e. The second-order valence-electron chi connectivity index (χ2n) is 5.08. The Hall–Kier alpha value is -1.64. The highest BCUT2D eigenvalue weighted by atomic mass is 16.2. The van der Waals surface area contributed by atoms with Gasteiger partial charge in [-0.2, -0.15) is 5.10 Å². The fourth-order valence-electron chi connectivity index (χ4n) is 2.50. The Labute approximate surface area is 108 Å². The van der Waals surface area contributed by atoms with Gasteiger partial charge in [0.25, 0.3) is 5.91 Å². The van der Waals surface area contributed by atoms with Gasteiger partial charge in [-0.1, -0.05) is 38.5 Å². The predicted octanol–water partition coefficient (Wildman–Crippen LogP) is 3.23. The molecule has 1 N–H and O–H groups in total. The van der Waals surface area contributed by atoms with Crippen molar-refractivity contribution >= 4 is 11.6 Å². The van der Waals surface area contributed by atoms with Gasteiger partial charge >= 0.3 is 0 Å². The van der Waals surface area contributed by atoms with Crippen LogP contribution < -0.4 is 5.43 Å². The number of carbonyl (C=O) groups excluding carboxylic acids is 1. The normalized spacial score (nSPS) is 26.0. The van der Waals surface area contributed by atoms with Gasteiger partial charge in [0, 0.05) is 11.3 Å². The summed E-state index contributed by atoms with van der Waals surface area (Å²) in [6, 6.07) is 9.20. The van der Waals surface area contributed by atoms with E-state index in [2.05, 4.69) is 24.4 Å². The molecule has 18 heavy (non-hydrogen) atoms. The van der Waals surface area contributed by atoms with Crippen LogP contribution in [0.3, 0.4) is 0 Å². The molecule has 0 heterocycles. The first-order valence-electron chi connectivity index (χ1n) is 6.61. The van der Waals surface area contributed by atoms with Crippen LogP contribution in [0.1, 0.15) is 43.5 Å². The van der Waals surface area contributed by atoms with Gasteiger partial charge in [-0.3, -0.25) is 4.79 Å². The molecule has 1 aliphatic rings. The summed E-state index contributed by atoms with van der Waals surface area (Å²) in [5.41, 5.74) is 4.46. The number of carbonyl (C=O) groups is 1. The first kappa shape index (κ1) is 12.8. The molecule has 2 rings (SSSR count). The summed E-state index contributed by atoms with van der Waals surface area (Å²) in [5, 5.41) is 4.34. The quantitative estimate of drug-likeness (QED) is 0.797. The maximum absolute atomic E-state index is 11.9. The fourth-order valence-corrected chi connectivity index (χ4v) is 2.50. The van der Waals surface area contributed by atoms with E-state index in [0.29, 0.717) is 17.4 Å². The summed E-state index contributed by atoms with van der Waals surface area (Å²) >= 11 is 0. The molecule has 0 aliphatic heterocycles. The van der Waals surface area contributed by atoms with Crippen molar-refractivity contribution in [3.05, 3.63) is 35.9 Å². The lowest BCUT2D eigenvalue weighted by atomic mass is 9.81. The van der Waals surface area contributed by atoms with E-state index >= 15 is 0 Å². The van der Waals surface area contributed by atoms with Gasteiger partial charge in [0.05, 0.1) is 0 Å². The first-order valence-corrected chi connectivity index (χ1v) is 6.61. The third-order valence-electron chi connectivity index (χ3n) is 3.61. The van der Waals surface area contributed by atoms with Crippen molar-refractivity contribution in [2.75, 3.05) is 0 Å². The molecule has 1 amide bonds. The monoisotopic (exact) mass is 244 g/mol. The van der Waals surface area contributed by atoms with E-state index in [1.54, 1.807) is 12.1 Å². The van der Waals surface area contributed by atoms with Gasteiger partial charge < -0.3 is 0 Å². The van der Waals surface area contributed by atoms with Crippen molar-refractivity contribution in [3.8, 4) is 0 Å². The van der Waals surface area contributed by atoms with Crippen LogP contribution in [0, 0.1) is 11.8 Å². The number of benzene rings is 1. The summed E-state index contributed by atoms with van der Waals surface area (Å²) in [5.74, 6) is 0.822. The van der Waals surface area contributed by atoms with Crippen LogP contribution in [0.2, 0.25) is 0 Å². The standard InChI is InChI=1S/C15H20N2O/c1-11-7-6-8-12(2)14(11)16-17-15(18)13-9-4-3-5-10-13/h3-5,9-12H,6-8H2,1-2H3,(H,17,18)/t11-,12+. The molecule has 96 valence electrons. The number of nitrogens with one attached hydrogen (secondary N) is 1. The number of amides is 1. The SMILES string of the molecule is C[C@@H]1CCC[C@H](C)C1=NNC(=O)c1ccccc1. The minimum absolute atomic E-state index is 0.131. The number of hydrogen-bond acceptors (Lipinski definition) is 2. The summed E-state index contributed by atoms with van der Waals surface area (Å²) in [4.78, 5) is 11.9. The molecule has 3 heteroatoms. The van der Waals surface area contributed by atoms with Gasteiger partial charge in [-0.25, -0.2) is 5.43 Å². The first-order chi connectivity index (χ1) is 8.68. The van der Waals surface area contributed by atoms with Crippen molar-refractivity contribution in [2.24, 2.45) is 16.9 Å². The number of rotatable bonds is 2. The van der Waals surface area contributed by atoms with Crippen LogP contribution in [0.25, 0.3) is 0 Å². The van der Waals surface area contributed by atoms with Crippen LogP contribution in [0.5, 0.6) is 0 Å². The Morgan fingerprint density at radius 3 is 2.39 bits per heavy atom. The molecular formula is C15H20N2O. The molecule has 3 nitrogen and oxygen atoms in total. The molecule has 1 saturated carbocycles. The molecule has 0 spiro atoms. The lowest BCUT2D eigenvalue weighted by molar-refractivity contribution is 0.0954. The van der Waals surface area contributed by atoms with Gasteiger partial charge in [0.15, 0.2) is 0 Å². The van der Waals surface area contributed by atoms with Crippen molar-refractivity contribution < 1.29 is 4.79 Å². The number of nitrogens with zero attached hydrogens (tertiary/aromatic N) is 1. The number of hydrazone groups is 1. The molecule has 1 fully saturated rings. The zero-order valence-electron chi connectivity index (χ0n) is 11.0. The Morgan fingerprint density at radius 1 is 1.17 bits per heavy atom. The van der Waals surface area contributed by atoms with Gasteiger partial charge in [0.2, 0.25) is 0 Å². The fraction of sp³-hybridized carbons (Fsp3) is 0.467. The van der Waals surface area contributed by atoms with E-state index in [1.807, 2.05) is 18.2 Å². The molecule has 1 aromatic rings. The third-order valence-corrected chi connectivity index (χ3v) is 3.61. The molecule has 0 saturated heterocycles. The van der Waals surface area contributed by atoms with Crippen molar-refractivity contribution in [1.29, 1.82) is 0 Å². The van der Waals surface area contributed by atoms with E-state index < -0.39 is 0 Å². The molecule has 0 unspecified atom stereocenters. The molecule has 1 aromatic carbocycles. The number of hydrogen-bond donors (Lipinski definition) is 1. The highest BCUT2D eigenvalue weighted by molar-refractivity contribution is 5.96. The zero-order chi connectivity index (χ0) is 13.0. The maximum atomic E-state index is 11.9. The van der Waals surface area contributed by atoms with Crippen molar-refractivity contribution in [1.82, 2.24) is 5.43 Å². The second kappa shape index (κ2) is 5.80. The van der Waals surface area contributed by atoms with Crippen LogP contribution >= 0.6 is 0 Å². The molecule has 0 radical (unpaired) electrons. The lowest BCUT2D eigenvalue weighted by Crippen LogP contribution is -2.29. The van der Waals surface area contributed by atoms with Gasteiger partial charge in [-0.15, -0.1) is 0 Å². The van der Waals surface area contributed by atoms with Crippen molar-refractivity contribution in [2.45, 2.75) is 33.1 Å². The smallest absolute Gasteiger partial charge is 0.267 e. The molecule has 0 aromatic heterocycles. The maximum Gasteiger partial charge on any atom is 0.271 e. The lowest BCUT2D eigenvalue weighted by Gasteiger charge is -2.26. The van der Waals surface area contributed by atoms with Crippen LogP contribution in [0.4, 0.5) is 0 Å². The summed E-state index contributed by atoms with van der Waals surface area (Å²) < 4.78 is 0. The summed E-state index contributed by atoms with van der Waals surface area (Å²) in [7, 11) is 0. The molecule has 1 aliphatic carbocycles. The Morgan fingerprint density at radius 2 is 1.78 bits per heavy atom. The van der Waals surface area contributed by atoms with E-state index in [0.717, 1.165) is 5.71 Å². The summed E-state index contributed by atoms with van der Waals surface area (Å²) in [6.45, 7) is 4.37. The molecular weight excluding hydrogens is 224 g/mol. The average Bonchev–Trinajstić information content (AvgIpc) is 2.39. The largest absolute Gasteiger partial charge is 0.271 e. The Balaban J connectivity index is 2.03.